The largest absolute Gasteiger partial charge is 0.496 e. The number of esters is 1. The van der Waals surface area contributed by atoms with Crippen molar-refractivity contribution in [2.45, 2.75) is 13.5 Å². The normalized spacial score (nSPS) is 10.8. The molecule has 0 aliphatic rings. The molecular weight excluding hydrogens is 444 g/mol. The monoisotopic (exact) mass is 464 g/mol. The quantitative estimate of drug-likeness (QED) is 0.318. The Morgan fingerprint density at radius 1 is 1.03 bits per heavy atom. The average Bonchev–Trinajstić information content (AvgIpc) is 2.83. The Labute approximate surface area is 195 Å². The van der Waals surface area contributed by atoms with E-state index >= 15 is 0 Å². The minimum absolute atomic E-state index is 0.0910. The van der Waals surface area contributed by atoms with Crippen LogP contribution in [0.3, 0.4) is 0 Å². The van der Waals surface area contributed by atoms with E-state index in [2.05, 4.69) is 0 Å². The number of halogens is 1. The molecule has 0 N–H and O–H groups in total. The molecule has 0 radical (unpaired) electrons. The number of rotatable bonds is 7. The second-order valence-electron chi connectivity index (χ2n) is 7.13. The lowest BCUT2D eigenvalue weighted by atomic mass is 10.0. The fourth-order valence-electron chi connectivity index (χ4n) is 3.45. The van der Waals surface area contributed by atoms with Crippen LogP contribution in [0.5, 0.6) is 11.5 Å². The van der Waals surface area contributed by atoms with Crippen molar-refractivity contribution in [2.24, 2.45) is 0 Å². The first-order valence-corrected chi connectivity index (χ1v) is 10.7. The minimum atomic E-state index is -0.732. The molecule has 6 nitrogen and oxygen atoms in total. The summed E-state index contributed by atoms with van der Waals surface area (Å²) in [6.07, 6.45) is 0. The van der Waals surface area contributed by atoms with E-state index in [4.69, 9.17) is 30.2 Å². The number of carbonyl (C=O) groups is 1. The molecule has 0 unspecified atom stereocenters. The van der Waals surface area contributed by atoms with Gasteiger partial charge in [-0.2, -0.15) is 0 Å². The number of carbonyl (C=O) groups excluding carboxylic acids is 1. The number of hydrogen-bond donors (Lipinski definition) is 0. The molecule has 4 rings (SSSR count). The predicted molar refractivity (Wildman–Crippen MR) is 126 cm³/mol. The van der Waals surface area contributed by atoms with Crippen LogP contribution in [-0.2, 0) is 11.3 Å². The number of hydrogen-bond acceptors (Lipinski definition) is 6. The predicted octanol–water partition coefficient (Wildman–Crippen LogP) is 5.88. The smallest absolute Gasteiger partial charge is 0.375 e. The van der Waals surface area contributed by atoms with Gasteiger partial charge in [-0.3, -0.25) is 4.79 Å². The van der Waals surface area contributed by atoms with Gasteiger partial charge in [-0.1, -0.05) is 41.9 Å². The zero-order chi connectivity index (χ0) is 23.4. The summed E-state index contributed by atoms with van der Waals surface area (Å²) >= 11 is 5.92. The number of methoxy groups -OCH3 is 1. The highest BCUT2D eigenvalue weighted by molar-refractivity contribution is 6.30. The molecule has 0 aliphatic heterocycles. The lowest BCUT2D eigenvalue weighted by Gasteiger charge is -2.13. The summed E-state index contributed by atoms with van der Waals surface area (Å²) in [6.45, 7) is 2.12. The number of ether oxygens (including phenoxy) is 3. The molecule has 168 valence electrons. The molecule has 0 saturated carbocycles. The van der Waals surface area contributed by atoms with Crippen molar-refractivity contribution in [1.82, 2.24) is 0 Å². The van der Waals surface area contributed by atoms with Crippen LogP contribution in [0.25, 0.3) is 22.1 Å². The van der Waals surface area contributed by atoms with Gasteiger partial charge < -0.3 is 18.6 Å². The first-order chi connectivity index (χ1) is 16.0. The molecule has 0 aliphatic carbocycles. The first-order valence-electron chi connectivity index (χ1n) is 10.3. The summed E-state index contributed by atoms with van der Waals surface area (Å²) < 4.78 is 22.3. The van der Waals surface area contributed by atoms with Gasteiger partial charge in [-0.25, -0.2) is 4.79 Å². The Kier molecular flexibility index (Phi) is 6.66. The third kappa shape index (κ3) is 4.71. The molecule has 33 heavy (non-hydrogen) atoms. The highest BCUT2D eigenvalue weighted by atomic mass is 35.5. The molecule has 4 aromatic rings. The van der Waals surface area contributed by atoms with Crippen LogP contribution in [-0.4, -0.2) is 19.7 Å². The second-order valence-corrected chi connectivity index (χ2v) is 7.57. The van der Waals surface area contributed by atoms with E-state index in [9.17, 15) is 9.59 Å². The second kappa shape index (κ2) is 9.79. The fraction of sp³-hybridized carbons (Fsp3) is 0.154. The minimum Gasteiger partial charge on any atom is -0.496 e. The summed E-state index contributed by atoms with van der Waals surface area (Å²) in [5.41, 5.74) is 1.32. The summed E-state index contributed by atoms with van der Waals surface area (Å²) in [5, 5.41) is 0.950. The Balaban J connectivity index is 1.80. The van der Waals surface area contributed by atoms with Gasteiger partial charge in [0.25, 0.3) is 0 Å². The van der Waals surface area contributed by atoms with Crippen LogP contribution in [0, 0.1) is 0 Å². The molecule has 0 saturated heterocycles. The maximum Gasteiger partial charge on any atom is 0.375 e. The molecule has 0 bridgehead atoms. The van der Waals surface area contributed by atoms with E-state index in [0.717, 1.165) is 5.56 Å². The first kappa shape index (κ1) is 22.4. The fourth-order valence-corrected chi connectivity index (χ4v) is 3.57. The van der Waals surface area contributed by atoms with E-state index < -0.39 is 5.97 Å². The summed E-state index contributed by atoms with van der Waals surface area (Å²) in [4.78, 5) is 26.2. The van der Waals surface area contributed by atoms with E-state index in [1.54, 1.807) is 61.5 Å². The van der Waals surface area contributed by atoms with Crippen LogP contribution >= 0.6 is 11.6 Å². The molecule has 1 aromatic heterocycles. The number of para-hydroxylation sites is 1. The van der Waals surface area contributed by atoms with Crippen LogP contribution in [0.15, 0.2) is 75.9 Å². The molecule has 1 heterocycles. The number of benzene rings is 3. The van der Waals surface area contributed by atoms with Gasteiger partial charge in [0.15, 0.2) is 0 Å². The highest BCUT2D eigenvalue weighted by Gasteiger charge is 2.25. The van der Waals surface area contributed by atoms with Crippen molar-refractivity contribution in [2.75, 3.05) is 13.7 Å². The topological polar surface area (TPSA) is 75.0 Å². The lowest BCUT2D eigenvalue weighted by molar-refractivity contribution is 0.0492. The van der Waals surface area contributed by atoms with Crippen molar-refractivity contribution in [3.8, 4) is 22.6 Å². The maximum atomic E-state index is 13.5. The van der Waals surface area contributed by atoms with Gasteiger partial charge in [-0.05, 0) is 42.8 Å². The molecular formula is C26H21ClO6. The zero-order valence-corrected chi connectivity index (χ0v) is 18.8. The van der Waals surface area contributed by atoms with Gasteiger partial charge >= 0.3 is 5.97 Å². The Bertz CT molecular complexity index is 1360. The lowest BCUT2D eigenvalue weighted by Crippen LogP contribution is -2.15. The van der Waals surface area contributed by atoms with Gasteiger partial charge in [0.1, 0.15) is 23.7 Å². The molecule has 0 fully saturated rings. The van der Waals surface area contributed by atoms with E-state index in [0.29, 0.717) is 34.1 Å². The third-order valence-electron chi connectivity index (χ3n) is 5.02. The Hall–Kier alpha value is -3.77. The van der Waals surface area contributed by atoms with Crippen LogP contribution < -0.4 is 14.9 Å². The summed E-state index contributed by atoms with van der Waals surface area (Å²) in [5.74, 6) is 0.0108. The van der Waals surface area contributed by atoms with E-state index in [1.807, 2.05) is 12.1 Å². The molecule has 0 spiro atoms. The summed E-state index contributed by atoms with van der Waals surface area (Å²) in [7, 11) is 1.50. The molecule has 7 heteroatoms. The van der Waals surface area contributed by atoms with Gasteiger partial charge in [-0.15, -0.1) is 0 Å². The standard InChI is InChI=1S/C26H21ClO6/c1-3-31-26(29)25-23(19-6-4-5-7-21(19)30-2)24(28)20-13-12-18(14-22(20)33-25)32-15-16-8-10-17(27)11-9-16/h4-14H,3,15H2,1-2H3. The Morgan fingerprint density at radius 2 is 1.79 bits per heavy atom. The van der Waals surface area contributed by atoms with Crippen molar-refractivity contribution in [3.63, 3.8) is 0 Å². The molecule has 3 aromatic carbocycles. The SMILES string of the molecule is CCOC(=O)c1oc2cc(OCc3ccc(Cl)cc3)ccc2c(=O)c1-c1ccccc1OC. The van der Waals surface area contributed by atoms with Crippen molar-refractivity contribution < 1.29 is 23.4 Å². The van der Waals surface area contributed by atoms with Gasteiger partial charge in [0.05, 0.1) is 24.7 Å². The zero-order valence-electron chi connectivity index (χ0n) is 18.1. The number of fused-ring (bicyclic) bond motifs is 1. The molecule has 0 atom stereocenters. The van der Waals surface area contributed by atoms with Crippen LogP contribution in [0.2, 0.25) is 5.02 Å². The Morgan fingerprint density at radius 3 is 2.52 bits per heavy atom. The van der Waals surface area contributed by atoms with E-state index in [1.165, 1.54) is 7.11 Å². The van der Waals surface area contributed by atoms with Crippen LogP contribution in [0.1, 0.15) is 23.0 Å². The maximum absolute atomic E-state index is 13.5. The third-order valence-corrected chi connectivity index (χ3v) is 5.27. The summed E-state index contributed by atoms with van der Waals surface area (Å²) in [6, 6.07) is 19.1. The van der Waals surface area contributed by atoms with Crippen molar-refractivity contribution in [3.05, 3.63) is 93.3 Å². The van der Waals surface area contributed by atoms with Crippen LogP contribution in [0.4, 0.5) is 0 Å². The van der Waals surface area contributed by atoms with Gasteiger partial charge in [0.2, 0.25) is 11.2 Å². The molecule has 0 amide bonds. The van der Waals surface area contributed by atoms with Crippen molar-refractivity contribution >= 4 is 28.5 Å². The van der Waals surface area contributed by atoms with E-state index in [-0.39, 0.29) is 28.9 Å². The highest BCUT2D eigenvalue weighted by Crippen LogP contribution is 2.33. The van der Waals surface area contributed by atoms with Gasteiger partial charge in [0, 0.05) is 16.7 Å². The van der Waals surface area contributed by atoms with Crippen molar-refractivity contribution in [1.29, 1.82) is 0 Å². The average molecular weight is 465 g/mol.